The minimum Gasteiger partial charge on any atom is -0.508 e. The van der Waals surface area contributed by atoms with Crippen molar-refractivity contribution in [3.63, 3.8) is 0 Å². The Morgan fingerprint density at radius 3 is 2.35 bits per heavy atom. The van der Waals surface area contributed by atoms with E-state index in [0.717, 1.165) is 6.33 Å². The van der Waals surface area contributed by atoms with Crippen LogP contribution in [0, 0.1) is 0 Å². The Morgan fingerprint density at radius 1 is 0.862 bits per heavy atom. The number of phenols is 1. The maximum Gasteiger partial charge on any atom is 0.489 e. The second kappa shape index (κ2) is 19.2. The third-order valence-corrected chi connectivity index (χ3v) is 14.4. The van der Waals surface area contributed by atoms with Crippen molar-refractivity contribution in [3.05, 3.63) is 88.6 Å². The highest BCUT2D eigenvalue weighted by Gasteiger charge is 2.47. The van der Waals surface area contributed by atoms with Crippen LogP contribution in [-0.4, -0.2) is 105 Å². The number of aromatic hydroxyl groups is 1. The average molecular weight is 964 g/mol. The molecule has 25 nitrogen and oxygen atoms in total. The van der Waals surface area contributed by atoms with Gasteiger partial charge in [0.05, 0.1) is 18.5 Å². The second-order valence-electron chi connectivity index (χ2n) is 14.5. The molecule has 7 rings (SSSR count). The molecule has 3 aliphatic rings. The molecule has 0 saturated carbocycles. The number of phosphoric acid groups is 2. The van der Waals surface area contributed by atoms with Crippen molar-refractivity contribution in [1.82, 2.24) is 29.9 Å². The van der Waals surface area contributed by atoms with Crippen LogP contribution in [0.3, 0.4) is 0 Å². The highest BCUT2D eigenvalue weighted by atomic mass is 31.3. The number of ether oxygens (including phenoxy) is 1. The maximum absolute atomic E-state index is 13.0. The average Bonchev–Trinajstić information content (AvgIpc) is 3.79. The summed E-state index contributed by atoms with van der Waals surface area (Å²) in [5, 5.41) is 46.4. The van der Waals surface area contributed by atoms with Gasteiger partial charge in [-0.3, -0.25) is 18.7 Å². The number of fused-ring (bicyclic) bond motifs is 3. The minimum atomic E-state index is -5.76. The van der Waals surface area contributed by atoms with Gasteiger partial charge in [0, 0.05) is 47.3 Å². The predicted octanol–water partition coefficient (Wildman–Crippen LogP) is 3.24. The molecule has 1 fully saturated rings. The van der Waals surface area contributed by atoms with Crippen LogP contribution in [0.25, 0.3) is 44.6 Å². The number of hydrogen-bond donors (Lipinski definition) is 10. The Kier molecular flexibility index (Phi) is 14.0. The number of carbonyl (C=O) groups excluding carboxylic acids is 1. The molecule has 65 heavy (non-hydrogen) atoms. The van der Waals surface area contributed by atoms with Gasteiger partial charge in [-0.2, -0.15) is 8.62 Å². The number of benzene rings is 3. The van der Waals surface area contributed by atoms with E-state index in [2.05, 4.69) is 33.4 Å². The number of hydrogen-bond acceptors (Lipinski definition) is 18. The molecule has 2 aromatic heterocycles. The largest absolute Gasteiger partial charge is 0.508 e. The Balaban J connectivity index is 0.844. The van der Waals surface area contributed by atoms with Crippen LogP contribution in [0.2, 0.25) is 0 Å². The first-order valence-electron chi connectivity index (χ1n) is 19.3. The lowest BCUT2D eigenvalue weighted by molar-refractivity contribution is -0.0503. The van der Waals surface area contributed by atoms with Crippen molar-refractivity contribution in [1.29, 1.82) is 0 Å². The first-order chi connectivity index (χ1) is 30.7. The number of nitrogens with one attached hydrogen (secondary N) is 2. The van der Waals surface area contributed by atoms with Crippen molar-refractivity contribution in [2.24, 2.45) is 0 Å². The lowest BCUT2D eigenvalue weighted by Crippen LogP contribution is -2.33. The van der Waals surface area contributed by atoms with Crippen molar-refractivity contribution in [2.45, 2.75) is 50.2 Å². The fourth-order valence-electron chi connectivity index (χ4n) is 7.02. The number of phenolic OH excluding ortho intramolecular Hbond substituents is 1. The smallest absolute Gasteiger partial charge is 0.489 e. The number of carboxylic acid groups (broad SMARTS) is 1. The van der Waals surface area contributed by atoms with Crippen molar-refractivity contribution < 1.29 is 80.7 Å². The molecule has 11 N–H and O–H groups in total. The Bertz CT molecular complexity index is 2950. The van der Waals surface area contributed by atoms with E-state index < -0.39 is 66.4 Å². The molecule has 0 spiro atoms. The molecule has 4 aromatic rings. The van der Waals surface area contributed by atoms with Gasteiger partial charge in [0.15, 0.2) is 23.1 Å². The number of carbonyl (C=O) groups is 2. The van der Waals surface area contributed by atoms with Crippen LogP contribution >= 0.6 is 23.4 Å². The van der Waals surface area contributed by atoms with E-state index in [0.29, 0.717) is 35.8 Å². The minimum absolute atomic E-state index is 0.0234. The fourth-order valence-corrected chi connectivity index (χ4v) is 10.8. The Morgan fingerprint density at radius 2 is 1.60 bits per heavy atom. The number of aromatic carboxylic acids is 1. The number of aliphatic hydroxyl groups excluding tert-OH is 2. The standard InChI is InChI=1S/C37H40N7O18P3/c38-33-30-34(41-17-40-33)44(18-42-30)36-32(48)31(47)28(60-36)16-58-64(54,55)62-65(56,57)61-63(52,53)43-12-4-2-1-3-11-39-35(49)19-5-8-22(25(13-19)37(50)51)29-23-9-6-20(45)14-26(23)59-27-15-21(46)7-10-24(27)29/h5-10,13-15,17-18,28,31-32,36,45,47-48H,1-4,11-12,16H2,(H,39,49)(H,50,51)(H,54,55)(H,56,57)(H2,38,40,41)(H2,43,52,53)/t28-,31-,32-,36-/m1/s1. The number of aliphatic hydroxyl groups is 2. The van der Waals surface area contributed by atoms with E-state index in [1.54, 1.807) is 6.07 Å². The van der Waals surface area contributed by atoms with E-state index in [9.17, 15) is 63.2 Å². The van der Waals surface area contributed by atoms with E-state index in [1.165, 1.54) is 59.4 Å². The summed E-state index contributed by atoms with van der Waals surface area (Å²) >= 11 is 0. The van der Waals surface area contributed by atoms with Crippen LogP contribution in [0.1, 0.15) is 52.6 Å². The second-order valence-corrected chi connectivity index (χ2v) is 19.3. The molecular formula is C37H40N7O18P3. The Hall–Kier alpha value is -5.49. The molecule has 0 bridgehead atoms. The number of anilines is 1. The van der Waals surface area contributed by atoms with Gasteiger partial charge in [-0.15, -0.1) is 0 Å². The fraction of sp³-hybridized carbons (Fsp3) is 0.297. The van der Waals surface area contributed by atoms with E-state index in [4.69, 9.17) is 14.9 Å². The number of rotatable bonds is 19. The van der Waals surface area contributed by atoms with Crippen molar-refractivity contribution >= 4 is 63.2 Å². The maximum atomic E-state index is 13.0. The number of nitrogens with two attached hydrogens (primary N) is 1. The van der Waals surface area contributed by atoms with E-state index >= 15 is 0 Å². The van der Waals surface area contributed by atoms with Crippen LogP contribution in [0.4, 0.5) is 5.82 Å². The molecule has 2 aromatic carbocycles. The summed E-state index contributed by atoms with van der Waals surface area (Å²) in [6.07, 6.45) is -2.30. The van der Waals surface area contributed by atoms with E-state index in [1.807, 2.05) is 5.09 Å². The van der Waals surface area contributed by atoms with Gasteiger partial charge in [0.25, 0.3) is 5.91 Å². The van der Waals surface area contributed by atoms with Gasteiger partial charge >= 0.3 is 29.4 Å². The van der Waals surface area contributed by atoms with Gasteiger partial charge in [-0.05, 0) is 54.8 Å². The molecule has 28 heteroatoms. The monoisotopic (exact) mass is 963 g/mol. The van der Waals surface area contributed by atoms with Crippen LogP contribution in [-0.2, 0) is 31.6 Å². The zero-order valence-electron chi connectivity index (χ0n) is 33.4. The van der Waals surface area contributed by atoms with Crippen molar-refractivity contribution in [3.8, 4) is 28.2 Å². The lowest BCUT2D eigenvalue weighted by Gasteiger charge is -2.20. The lowest BCUT2D eigenvalue weighted by atomic mass is 9.90. The van der Waals surface area contributed by atoms with Gasteiger partial charge in [0.2, 0.25) is 0 Å². The molecule has 1 aliphatic carbocycles. The molecule has 1 amide bonds. The molecule has 2 aliphatic heterocycles. The Labute approximate surface area is 365 Å². The molecule has 7 atom stereocenters. The number of nitrogens with zero attached hydrogens (tertiary/aromatic N) is 4. The third kappa shape index (κ3) is 11.0. The van der Waals surface area contributed by atoms with Gasteiger partial charge in [0.1, 0.15) is 47.2 Å². The van der Waals surface area contributed by atoms with Crippen LogP contribution < -0.4 is 21.6 Å². The predicted molar refractivity (Wildman–Crippen MR) is 225 cm³/mol. The number of phosphoric ester groups is 1. The number of nitrogen functional groups attached to an aromatic ring is 1. The first kappa shape index (κ1) is 47.5. The number of unbranched alkanes of at least 4 members (excludes halogenated alkanes) is 3. The third-order valence-electron chi connectivity index (χ3n) is 9.98. The van der Waals surface area contributed by atoms with Crippen LogP contribution in [0.5, 0.6) is 5.75 Å². The molecule has 1 saturated heterocycles. The molecule has 3 unspecified atom stereocenters. The highest BCUT2D eigenvalue weighted by Crippen LogP contribution is 2.66. The zero-order valence-corrected chi connectivity index (χ0v) is 36.1. The van der Waals surface area contributed by atoms with Crippen molar-refractivity contribution in [2.75, 3.05) is 25.4 Å². The van der Waals surface area contributed by atoms with Gasteiger partial charge in [-0.1, -0.05) is 18.9 Å². The molecule has 0 radical (unpaired) electrons. The molecule has 4 heterocycles. The molecule has 346 valence electrons. The highest BCUT2D eigenvalue weighted by molar-refractivity contribution is 7.67. The van der Waals surface area contributed by atoms with Crippen LogP contribution in [0.15, 0.2) is 76.5 Å². The summed E-state index contributed by atoms with van der Waals surface area (Å²) in [6.45, 7) is -1.05. The zero-order chi connectivity index (χ0) is 46.8. The number of aromatic nitrogens is 4. The summed E-state index contributed by atoms with van der Waals surface area (Å²) in [5.41, 5.74) is 6.85. The first-order valence-corrected chi connectivity index (χ1v) is 23.9. The number of imidazole rings is 1. The summed E-state index contributed by atoms with van der Waals surface area (Å²) in [7, 11) is -16.4. The summed E-state index contributed by atoms with van der Waals surface area (Å²) in [4.78, 5) is 79.6. The summed E-state index contributed by atoms with van der Waals surface area (Å²) < 4.78 is 63.0. The topological polar surface area (TPSA) is 388 Å². The number of amides is 1. The quantitative estimate of drug-likeness (QED) is 0.0316. The van der Waals surface area contributed by atoms with E-state index in [-0.39, 0.29) is 75.7 Å². The summed E-state index contributed by atoms with van der Waals surface area (Å²) in [5.74, 6) is -1.81. The normalized spacial score (nSPS) is 20.4. The summed E-state index contributed by atoms with van der Waals surface area (Å²) in [6, 6.07) is 12.5. The van der Waals surface area contributed by atoms with Gasteiger partial charge in [-0.25, -0.2) is 38.5 Å². The van der Waals surface area contributed by atoms with Gasteiger partial charge < -0.3 is 55.3 Å². The SMILES string of the molecule is Nc1ncnc2c1ncn2[C@@H]1O[C@H](COP(=O)(O)OP(=O)(O)OP(=O)(O)NCCCCCCNC(=O)c2ccc(-c3c4ccc(=O)cc-4oc4cc(O)ccc34)c(C(=O)O)c2)[C@@H](O)[C@H]1O. The number of carboxylic acids is 1. The molecular weight excluding hydrogens is 923 g/mol.